The van der Waals surface area contributed by atoms with E-state index >= 15 is 0 Å². The minimum atomic E-state index is -0.668. The molecule has 78 valence electrons. The summed E-state index contributed by atoms with van der Waals surface area (Å²) in [5.74, 6) is 0. The van der Waals surface area contributed by atoms with Gasteiger partial charge in [-0.15, -0.1) is 0 Å². The minimum absolute atomic E-state index is 0.0333. The van der Waals surface area contributed by atoms with E-state index in [1.807, 2.05) is 0 Å². The Kier molecular flexibility index (Phi) is 4.12. The van der Waals surface area contributed by atoms with Gasteiger partial charge < -0.3 is 20.3 Å². The normalized spacial score (nSPS) is 31.6. The summed E-state index contributed by atoms with van der Waals surface area (Å²) in [6.45, 7) is 3.83. The van der Waals surface area contributed by atoms with Gasteiger partial charge in [-0.1, -0.05) is 0 Å². The number of ether oxygens (including phenoxy) is 1. The van der Waals surface area contributed by atoms with Gasteiger partial charge in [0.2, 0.25) is 0 Å². The van der Waals surface area contributed by atoms with Crippen molar-refractivity contribution < 1.29 is 14.9 Å². The predicted molar refractivity (Wildman–Crippen MR) is 49.6 cm³/mol. The Morgan fingerprint density at radius 2 is 2.38 bits per heavy atom. The second kappa shape index (κ2) is 4.91. The van der Waals surface area contributed by atoms with Crippen LogP contribution in [0.2, 0.25) is 0 Å². The summed E-state index contributed by atoms with van der Waals surface area (Å²) in [5, 5.41) is 21.0. The topological polar surface area (TPSA) is 61.7 Å². The van der Waals surface area contributed by atoms with Gasteiger partial charge in [0.05, 0.1) is 19.3 Å². The molecule has 0 aromatic heterocycles. The second-order valence-electron chi connectivity index (χ2n) is 3.93. The third kappa shape index (κ3) is 3.60. The minimum Gasteiger partial charge on any atom is -0.394 e. The Balaban J connectivity index is 2.24. The largest absolute Gasteiger partial charge is 0.394 e. The highest BCUT2D eigenvalue weighted by Gasteiger charge is 2.27. The molecule has 0 aliphatic carbocycles. The van der Waals surface area contributed by atoms with Crippen LogP contribution in [0.3, 0.4) is 0 Å². The monoisotopic (exact) mass is 189 g/mol. The lowest BCUT2D eigenvalue weighted by Gasteiger charge is -2.35. The summed E-state index contributed by atoms with van der Waals surface area (Å²) in [6.07, 6.45) is 1.45. The average molecular weight is 189 g/mol. The number of rotatable bonds is 4. The molecule has 1 rings (SSSR count). The van der Waals surface area contributed by atoms with Crippen LogP contribution < -0.4 is 5.32 Å². The quantitative estimate of drug-likeness (QED) is 0.558. The van der Waals surface area contributed by atoms with Crippen LogP contribution in [0, 0.1) is 0 Å². The first kappa shape index (κ1) is 10.9. The van der Waals surface area contributed by atoms with E-state index < -0.39 is 6.10 Å². The van der Waals surface area contributed by atoms with E-state index in [1.165, 1.54) is 0 Å². The predicted octanol–water partition coefficient (Wildman–Crippen LogP) is -0.502. The molecular weight excluding hydrogens is 170 g/mol. The molecule has 1 fully saturated rings. The van der Waals surface area contributed by atoms with Gasteiger partial charge in [0.25, 0.3) is 0 Å². The molecule has 0 bridgehead atoms. The third-order valence-electron chi connectivity index (χ3n) is 2.41. The van der Waals surface area contributed by atoms with Crippen LogP contribution in [0.25, 0.3) is 0 Å². The Labute approximate surface area is 78.9 Å². The molecule has 1 saturated heterocycles. The number of hydrogen-bond donors (Lipinski definition) is 3. The number of hydrogen-bond acceptors (Lipinski definition) is 4. The summed E-state index contributed by atoms with van der Waals surface area (Å²) < 4.78 is 5.34. The number of aliphatic hydroxyl groups excluding tert-OH is 2. The molecule has 2 atom stereocenters. The molecule has 4 nitrogen and oxygen atoms in total. The van der Waals surface area contributed by atoms with Crippen molar-refractivity contribution in [2.24, 2.45) is 0 Å². The molecule has 0 radical (unpaired) electrons. The Morgan fingerprint density at radius 1 is 1.62 bits per heavy atom. The lowest BCUT2D eigenvalue weighted by atomic mass is 9.95. The highest BCUT2D eigenvalue weighted by Crippen LogP contribution is 2.17. The first-order valence-corrected chi connectivity index (χ1v) is 4.78. The zero-order valence-corrected chi connectivity index (χ0v) is 8.12. The smallest absolute Gasteiger partial charge is 0.0895 e. The molecule has 1 aliphatic rings. The van der Waals surface area contributed by atoms with Crippen LogP contribution >= 0.6 is 0 Å². The van der Waals surface area contributed by atoms with E-state index in [0.717, 1.165) is 19.4 Å². The molecule has 0 spiro atoms. The maximum atomic E-state index is 9.15. The summed E-state index contributed by atoms with van der Waals surface area (Å²) in [4.78, 5) is 0. The summed E-state index contributed by atoms with van der Waals surface area (Å²) >= 11 is 0. The molecule has 1 heterocycles. The lowest BCUT2D eigenvalue weighted by Crippen LogP contribution is -2.51. The van der Waals surface area contributed by atoms with Crippen LogP contribution in [0.4, 0.5) is 0 Å². The van der Waals surface area contributed by atoms with Crippen molar-refractivity contribution in [2.45, 2.75) is 31.4 Å². The van der Waals surface area contributed by atoms with Crippen molar-refractivity contribution in [3.8, 4) is 0 Å². The average Bonchev–Trinajstić information content (AvgIpc) is 2.15. The van der Waals surface area contributed by atoms with E-state index in [0.29, 0.717) is 13.2 Å². The zero-order valence-electron chi connectivity index (χ0n) is 8.12. The molecule has 0 aromatic carbocycles. The highest BCUT2D eigenvalue weighted by molar-refractivity contribution is 4.85. The van der Waals surface area contributed by atoms with Crippen LogP contribution in [-0.2, 0) is 4.74 Å². The van der Waals surface area contributed by atoms with Crippen molar-refractivity contribution in [3.63, 3.8) is 0 Å². The first-order chi connectivity index (χ1) is 6.16. The van der Waals surface area contributed by atoms with Crippen LogP contribution in [0.1, 0.15) is 19.8 Å². The number of aliphatic hydroxyl groups is 2. The Morgan fingerprint density at radius 3 is 2.92 bits per heavy atom. The van der Waals surface area contributed by atoms with E-state index in [-0.39, 0.29) is 12.1 Å². The van der Waals surface area contributed by atoms with Crippen LogP contribution in [-0.4, -0.2) is 48.2 Å². The molecule has 3 N–H and O–H groups in total. The van der Waals surface area contributed by atoms with Gasteiger partial charge in [0.1, 0.15) is 0 Å². The molecular formula is C9H19NO3. The van der Waals surface area contributed by atoms with E-state index in [1.54, 1.807) is 0 Å². The Bertz CT molecular complexity index is 146. The van der Waals surface area contributed by atoms with Crippen molar-refractivity contribution >= 4 is 0 Å². The van der Waals surface area contributed by atoms with Crippen molar-refractivity contribution in [1.29, 1.82) is 0 Å². The molecule has 1 unspecified atom stereocenters. The second-order valence-corrected chi connectivity index (χ2v) is 3.93. The molecule has 0 aromatic rings. The zero-order chi connectivity index (χ0) is 9.73. The van der Waals surface area contributed by atoms with Crippen molar-refractivity contribution in [1.82, 2.24) is 5.32 Å². The van der Waals surface area contributed by atoms with Crippen molar-refractivity contribution in [3.05, 3.63) is 0 Å². The Hall–Kier alpha value is -0.160. The maximum absolute atomic E-state index is 9.15. The van der Waals surface area contributed by atoms with E-state index in [9.17, 15) is 0 Å². The number of nitrogens with one attached hydrogen (secondary N) is 1. The van der Waals surface area contributed by atoms with Gasteiger partial charge in [0, 0.05) is 18.7 Å². The lowest BCUT2D eigenvalue weighted by molar-refractivity contribution is 0.0171. The fourth-order valence-corrected chi connectivity index (χ4v) is 1.50. The molecule has 0 amide bonds. The highest BCUT2D eigenvalue weighted by atomic mass is 16.5. The maximum Gasteiger partial charge on any atom is 0.0895 e. The van der Waals surface area contributed by atoms with Gasteiger partial charge in [-0.25, -0.2) is 0 Å². The van der Waals surface area contributed by atoms with Gasteiger partial charge in [-0.2, -0.15) is 0 Å². The molecule has 1 aliphatic heterocycles. The van der Waals surface area contributed by atoms with Gasteiger partial charge >= 0.3 is 0 Å². The van der Waals surface area contributed by atoms with Gasteiger partial charge in [0.15, 0.2) is 0 Å². The van der Waals surface area contributed by atoms with E-state index in [4.69, 9.17) is 14.9 Å². The van der Waals surface area contributed by atoms with Crippen molar-refractivity contribution in [2.75, 3.05) is 26.4 Å². The van der Waals surface area contributed by atoms with Gasteiger partial charge in [-0.3, -0.25) is 0 Å². The molecule has 4 heteroatoms. The molecule has 13 heavy (non-hydrogen) atoms. The van der Waals surface area contributed by atoms with Crippen LogP contribution in [0.5, 0.6) is 0 Å². The fraction of sp³-hybridized carbons (Fsp3) is 1.00. The first-order valence-electron chi connectivity index (χ1n) is 4.78. The summed E-state index contributed by atoms with van der Waals surface area (Å²) in [7, 11) is 0. The fourth-order valence-electron chi connectivity index (χ4n) is 1.50. The van der Waals surface area contributed by atoms with E-state index in [2.05, 4.69) is 12.2 Å². The van der Waals surface area contributed by atoms with Crippen LogP contribution in [0.15, 0.2) is 0 Å². The third-order valence-corrected chi connectivity index (χ3v) is 2.41. The number of β-amino-alcohol motifs (C(OH)–C–C–N with tert-alkyl or cyclic N) is 1. The molecule has 0 saturated carbocycles. The SMILES string of the molecule is CC1(NC[C@H](O)CO)CCCOC1. The summed E-state index contributed by atoms with van der Waals surface area (Å²) in [6, 6.07) is 0. The van der Waals surface area contributed by atoms with Gasteiger partial charge in [-0.05, 0) is 19.8 Å². The standard InChI is InChI=1S/C9H19NO3/c1-9(3-2-4-13-7-9)10-5-8(12)6-11/h8,10-12H,2-7H2,1H3/t8-,9?/m0/s1. The summed E-state index contributed by atoms with van der Waals surface area (Å²) in [5.41, 5.74) is -0.0333.